The molecule has 0 aromatic heterocycles. The van der Waals surface area contributed by atoms with E-state index in [1.165, 1.54) is 12.1 Å². The van der Waals surface area contributed by atoms with Crippen molar-refractivity contribution in [3.63, 3.8) is 0 Å². The lowest BCUT2D eigenvalue weighted by atomic mass is 9.48. The molecule has 1 N–H and O–H groups in total. The van der Waals surface area contributed by atoms with Crippen molar-refractivity contribution in [3.8, 4) is 0 Å². The van der Waals surface area contributed by atoms with Crippen LogP contribution in [0.3, 0.4) is 0 Å². The molecule has 1 heterocycles. The van der Waals surface area contributed by atoms with Gasteiger partial charge in [0.25, 0.3) is 5.91 Å². The average Bonchev–Trinajstić information content (AvgIpc) is 3.02. The van der Waals surface area contributed by atoms with E-state index in [9.17, 15) is 29.1 Å². The molecule has 0 saturated heterocycles. The Balaban J connectivity index is 2.45. The number of nitrogens with zero attached hydrogens (tertiary/aromatic N) is 1. The first-order valence-electron chi connectivity index (χ1n) is 12.4. The fourth-order valence-electron chi connectivity index (χ4n) is 5.41. The van der Waals surface area contributed by atoms with Crippen molar-refractivity contribution in [2.75, 3.05) is 4.90 Å². The van der Waals surface area contributed by atoms with E-state index in [0.29, 0.717) is 6.29 Å². The van der Waals surface area contributed by atoms with Crippen LogP contribution in [0.15, 0.2) is 24.3 Å². The summed E-state index contributed by atoms with van der Waals surface area (Å²) in [5.41, 5.74) is -5.91. The fourth-order valence-corrected chi connectivity index (χ4v) is 5.41. The number of carbonyl (C=O) groups is 5. The van der Waals surface area contributed by atoms with E-state index >= 15 is 0 Å². The number of esters is 2. The van der Waals surface area contributed by atoms with Crippen molar-refractivity contribution in [2.45, 2.75) is 90.6 Å². The standard InChI is InChI=1S/C27H35NO9/c1-15(2)35-22(32)26(23(33)36-16(3)4)17(14-29)12-13-20(30)27(26)18-10-8-9-11-19(18)28(21(27)31)24(34)37-25(5,6)7/h8-11,14-17,20,30H,12-13H2,1-7H3/t17-,20+,27-/m1/s1. The second kappa shape index (κ2) is 9.89. The number of hydrogen-bond donors (Lipinski definition) is 1. The number of ether oxygens (including phenoxy) is 3. The van der Waals surface area contributed by atoms with Crippen LogP contribution in [0.4, 0.5) is 10.5 Å². The number of carbonyl (C=O) groups excluding carboxylic acids is 5. The molecular weight excluding hydrogens is 482 g/mol. The Morgan fingerprint density at radius 3 is 2.05 bits per heavy atom. The molecule has 1 spiro atoms. The number of amides is 2. The first-order chi connectivity index (χ1) is 17.2. The van der Waals surface area contributed by atoms with Crippen LogP contribution < -0.4 is 4.90 Å². The molecule has 1 aromatic rings. The van der Waals surface area contributed by atoms with Gasteiger partial charge >= 0.3 is 18.0 Å². The molecule has 10 nitrogen and oxygen atoms in total. The smallest absolute Gasteiger partial charge is 0.421 e. The maximum Gasteiger partial charge on any atom is 0.421 e. The van der Waals surface area contributed by atoms with Gasteiger partial charge in [0.2, 0.25) is 0 Å². The minimum atomic E-state index is -2.61. The Kier molecular flexibility index (Phi) is 7.56. The number of aldehydes is 1. The lowest BCUT2D eigenvalue weighted by Crippen LogP contribution is -2.72. The Morgan fingerprint density at radius 1 is 1.03 bits per heavy atom. The number of para-hydroxylation sites is 1. The van der Waals surface area contributed by atoms with Gasteiger partial charge in [0.15, 0.2) is 5.41 Å². The molecule has 2 aliphatic rings. The number of hydrogen-bond acceptors (Lipinski definition) is 9. The third kappa shape index (κ3) is 4.31. The highest BCUT2D eigenvalue weighted by molar-refractivity contribution is 6.26. The molecule has 1 aliphatic carbocycles. The molecule has 3 rings (SSSR count). The topological polar surface area (TPSA) is 137 Å². The maximum absolute atomic E-state index is 14.5. The van der Waals surface area contributed by atoms with Gasteiger partial charge in [-0.1, -0.05) is 18.2 Å². The third-order valence-corrected chi connectivity index (χ3v) is 6.61. The molecule has 0 radical (unpaired) electrons. The molecule has 1 aromatic carbocycles. The fraction of sp³-hybridized carbons (Fsp3) is 0.593. The number of fused-ring (bicyclic) bond motifs is 2. The van der Waals surface area contributed by atoms with Crippen molar-refractivity contribution in [1.82, 2.24) is 0 Å². The van der Waals surface area contributed by atoms with E-state index in [4.69, 9.17) is 14.2 Å². The molecule has 1 saturated carbocycles. The normalized spacial score (nSPS) is 24.7. The summed E-state index contributed by atoms with van der Waals surface area (Å²) in [6, 6.07) is 6.02. The van der Waals surface area contributed by atoms with E-state index in [0.717, 1.165) is 4.90 Å². The number of imide groups is 1. The Bertz CT molecular complexity index is 1080. The monoisotopic (exact) mass is 517 g/mol. The van der Waals surface area contributed by atoms with Gasteiger partial charge < -0.3 is 24.1 Å². The van der Waals surface area contributed by atoms with Crippen molar-refractivity contribution < 1.29 is 43.3 Å². The van der Waals surface area contributed by atoms with Gasteiger partial charge in [-0.25, -0.2) is 9.69 Å². The molecule has 0 bridgehead atoms. The summed E-state index contributed by atoms with van der Waals surface area (Å²) in [7, 11) is 0. The average molecular weight is 518 g/mol. The summed E-state index contributed by atoms with van der Waals surface area (Å²) >= 11 is 0. The molecule has 0 unspecified atom stereocenters. The zero-order valence-corrected chi connectivity index (χ0v) is 22.3. The first kappa shape index (κ1) is 28.3. The van der Waals surface area contributed by atoms with E-state index in [-0.39, 0.29) is 24.1 Å². The summed E-state index contributed by atoms with van der Waals surface area (Å²) in [6.07, 6.45) is -3.91. The molecule has 3 atom stereocenters. The van der Waals surface area contributed by atoms with Crippen LogP contribution in [-0.2, 0) is 38.8 Å². The van der Waals surface area contributed by atoms with Gasteiger partial charge in [-0.05, 0) is 72.9 Å². The van der Waals surface area contributed by atoms with Crippen LogP contribution in [0.1, 0.15) is 66.9 Å². The SMILES string of the molecule is CC(C)OC(=O)C1(C(=O)OC(C)C)[C@@H](C=O)CC[C@H](O)[C@]12C(=O)N(C(=O)OC(C)(C)C)c1ccccc12. The summed E-state index contributed by atoms with van der Waals surface area (Å²) in [5, 5.41) is 11.6. The highest BCUT2D eigenvalue weighted by Gasteiger charge is 2.79. The second-order valence-electron chi connectivity index (χ2n) is 11.0. The molecule has 202 valence electrons. The molecule has 2 amide bonds. The number of benzene rings is 1. The Morgan fingerprint density at radius 2 is 1.57 bits per heavy atom. The van der Waals surface area contributed by atoms with Gasteiger partial charge in [0.1, 0.15) is 17.3 Å². The quantitative estimate of drug-likeness (QED) is 0.270. The first-order valence-corrected chi connectivity index (χ1v) is 12.4. The van der Waals surface area contributed by atoms with Gasteiger partial charge in [-0.15, -0.1) is 0 Å². The Hall–Kier alpha value is -3.27. The van der Waals surface area contributed by atoms with Gasteiger partial charge in [-0.2, -0.15) is 0 Å². The number of aliphatic hydroxyl groups is 1. The van der Waals surface area contributed by atoms with Crippen LogP contribution in [0.2, 0.25) is 0 Å². The van der Waals surface area contributed by atoms with Gasteiger partial charge in [-0.3, -0.25) is 14.4 Å². The lowest BCUT2D eigenvalue weighted by molar-refractivity contribution is -0.202. The number of anilines is 1. The van der Waals surface area contributed by atoms with Crippen molar-refractivity contribution >= 4 is 35.9 Å². The zero-order valence-electron chi connectivity index (χ0n) is 22.3. The maximum atomic E-state index is 14.5. The summed E-state index contributed by atoms with van der Waals surface area (Å²) in [5.74, 6) is -4.82. The highest BCUT2D eigenvalue weighted by Crippen LogP contribution is 2.62. The van der Waals surface area contributed by atoms with Crippen LogP contribution in [0.5, 0.6) is 0 Å². The summed E-state index contributed by atoms with van der Waals surface area (Å²) < 4.78 is 16.5. The number of aliphatic hydroxyl groups excluding tert-OH is 1. The summed E-state index contributed by atoms with van der Waals surface area (Å²) in [4.78, 5) is 69.0. The predicted molar refractivity (Wildman–Crippen MR) is 132 cm³/mol. The van der Waals surface area contributed by atoms with E-state index < -0.39 is 64.6 Å². The van der Waals surface area contributed by atoms with E-state index in [1.54, 1.807) is 60.6 Å². The van der Waals surface area contributed by atoms with E-state index in [2.05, 4.69) is 0 Å². The van der Waals surface area contributed by atoms with Crippen LogP contribution in [0, 0.1) is 11.3 Å². The van der Waals surface area contributed by atoms with Crippen LogP contribution in [-0.4, -0.2) is 59.2 Å². The molecular formula is C27H35NO9. The minimum absolute atomic E-state index is 0.0336. The Labute approximate surface area is 216 Å². The van der Waals surface area contributed by atoms with Gasteiger partial charge in [0.05, 0.1) is 24.0 Å². The predicted octanol–water partition coefficient (Wildman–Crippen LogP) is 3.07. The van der Waals surface area contributed by atoms with Crippen molar-refractivity contribution in [1.29, 1.82) is 0 Å². The van der Waals surface area contributed by atoms with Crippen molar-refractivity contribution in [2.24, 2.45) is 11.3 Å². The van der Waals surface area contributed by atoms with Crippen molar-refractivity contribution in [3.05, 3.63) is 29.8 Å². The summed E-state index contributed by atoms with van der Waals surface area (Å²) in [6.45, 7) is 11.1. The lowest BCUT2D eigenvalue weighted by Gasteiger charge is -2.51. The second-order valence-corrected chi connectivity index (χ2v) is 11.0. The molecule has 37 heavy (non-hydrogen) atoms. The van der Waals surface area contributed by atoms with Gasteiger partial charge in [0, 0.05) is 5.92 Å². The highest BCUT2D eigenvalue weighted by atomic mass is 16.6. The number of rotatable bonds is 5. The molecule has 1 aliphatic heterocycles. The van der Waals surface area contributed by atoms with E-state index in [1.807, 2.05) is 0 Å². The third-order valence-electron chi connectivity index (χ3n) is 6.61. The van der Waals surface area contributed by atoms with Crippen LogP contribution >= 0.6 is 0 Å². The molecule has 10 heteroatoms. The molecule has 1 fully saturated rings. The largest absolute Gasteiger partial charge is 0.462 e. The van der Waals surface area contributed by atoms with Crippen LogP contribution in [0.25, 0.3) is 0 Å². The minimum Gasteiger partial charge on any atom is -0.462 e. The zero-order chi connectivity index (χ0) is 27.9.